The van der Waals surface area contributed by atoms with Crippen LogP contribution in [-0.4, -0.2) is 11.1 Å². The van der Waals surface area contributed by atoms with Gasteiger partial charge in [-0.15, -0.1) is 0 Å². The molecule has 1 aliphatic heterocycles. The van der Waals surface area contributed by atoms with Crippen LogP contribution < -0.4 is 10.3 Å². The van der Waals surface area contributed by atoms with Gasteiger partial charge in [-0.25, -0.2) is 0 Å². The third kappa shape index (κ3) is 1.74. The number of hydrogen-bond donors (Lipinski definition) is 1. The monoisotopic (exact) mass is 261 g/mol. The number of rotatable bonds is 0. The Labute approximate surface area is 114 Å². The summed E-state index contributed by atoms with van der Waals surface area (Å²) < 4.78 is 6.06. The molecule has 5 atom stereocenters. The van der Waals surface area contributed by atoms with Crippen LogP contribution in [0.1, 0.15) is 52.0 Å². The minimum Gasteiger partial charge on any atom is -0.490 e. The summed E-state index contributed by atoms with van der Waals surface area (Å²) in [5, 5.41) is 0. The molecule has 104 valence electrons. The maximum Gasteiger partial charge on any atom is 0.255 e. The van der Waals surface area contributed by atoms with Crippen molar-refractivity contribution >= 4 is 0 Å². The Bertz CT molecular complexity index is 550. The van der Waals surface area contributed by atoms with Gasteiger partial charge in [0.05, 0.1) is 5.56 Å². The largest absolute Gasteiger partial charge is 0.490 e. The molecule has 0 bridgehead atoms. The minimum absolute atomic E-state index is 0.0297. The van der Waals surface area contributed by atoms with E-state index in [1.54, 1.807) is 6.20 Å². The van der Waals surface area contributed by atoms with Crippen LogP contribution in [0.25, 0.3) is 0 Å². The molecule has 19 heavy (non-hydrogen) atoms. The number of pyridine rings is 1. The topological polar surface area (TPSA) is 42.1 Å². The molecule has 3 nitrogen and oxygen atoms in total. The highest BCUT2D eigenvalue weighted by atomic mass is 16.5. The molecule has 0 aromatic carbocycles. The number of aromatic nitrogens is 1. The van der Waals surface area contributed by atoms with Crippen molar-refractivity contribution in [3.63, 3.8) is 0 Å². The Kier molecular flexibility index (Phi) is 2.77. The van der Waals surface area contributed by atoms with E-state index in [1.165, 1.54) is 6.42 Å². The third-order valence-electron chi connectivity index (χ3n) is 5.34. The van der Waals surface area contributed by atoms with E-state index in [4.69, 9.17) is 4.74 Å². The summed E-state index contributed by atoms with van der Waals surface area (Å²) in [4.78, 5) is 15.1. The lowest BCUT2D eigenvalue weighted by Crippen LogP contribution is -2.51. The van der Waals surface area contributed by atoms with E-state index in [0.29, 0.717) is 17.8 Å². The van der Waals surface area contributed by atoms with Crippen LogP contribution in [-0.2, 0) is 0 Å². The molecule has 0 radical (unpaired) electrons. The summed E-state index contributed by atoms with van der Waals surface area (Å²) >= 11 is 0. The standard InChI is InChI=1S/C16H23NO2/c1-9-7-10(2)14-13-12(5-6-17-15(13)18)19-11(3)16(14,4)8-9/h5-6,9-11,14H,7-8H2,1-4H3,(H,17,18). The lowest BCUT2D eigenvalue weighted by Gasteiger charge is -2.53. The van der Waals surface area contributed by atoms with E-state index in [0.717, 1.165) is 17.7 Å². The lowest BCUT2D eigenvalue weighted by atomic mass is 9.55. The summed E-state index contributed by atoms with van der Waals surface area (Å²) in [6, 6.07) is 1.90. The Morgan fingerprint density at radius 3 is 2.84 bits per heavy atom. The van der Waals surface area contributed by atoms with Crippen molar-refractivity contribution in [2.24, 2.45) is 17.3 Å². The first-order chi connectivity index (χ1) is 8.93. The number of hydrogen-bond acceptors (Lipinski definition) is 2. The molecule has 0 spiro atoms. The van der Waals surface area contributed by atoms with E-state index in [2.05, 4.69) is 32.7 Å². The summed E-state index contributed by atoms with van der Waals surface area (Å²) in [7, 11) is 0. The van der Waals surface area contributed by atoms with Crippen LogP contribution in [0.4, 0.5) is 0 Å². The van der Waals surface area contributed by atoms with Gasteiger partial charge in [0.2, 0.25) is 0 Å². The zero-order valence-electron chi connectivity index (χ0n) is 12.2. The Balaban J connectivity index is 2.19. The van der Waals surface area contributed by atoms with Gasteiger partial charge in [-0.2, -0.15) is 0 Å². The zero-order valence-corrected chi connectivity index (χ0v) is 12.2. The first-order valence-electron chi connectivity index (χ1n) is 7.31. The Hall–Kier alpha value is -1.25. The van der Waals surface area contributed by atoms with Crippen molar-refractivity contribution in [2.45, 2.75) is 52.6 Å². The Morgan fingerprint density at radius 2 is 2.11 bits per heavy atom. The van der Waals surface area contributed by atoms with Crippen molar-refractivity contribution in [1.82, 2.24) is 4.98 Å². The summed E-state index contributed by atoms with van der Waals surface area (Å²) in [5.74, 6) is 2.33. The first kappa shape index (κ1) is 12.8. The predicted octanol–water partition coefficient (Wildman–Crippen LogP) is 3.31. The lowest BCUT2D eigenvalue weighted by molar-refractivity contribution is -0.0355. The quantitative estimate of drug-likeness (QED) is 0.778. The van der Waals surface area contributed by atoms with E-state index in [9.17, 15) is 4.79 Å². The van der Waals surface area contributed by atoms with Crippen molar-refractivity contribution in [3.8, 4) is 5.75 Å². The fourth-order valence-electron chi connectivity index (χ4n) is 4.61. The van der Waals surface area contributed by atoms with Crippen LogP contribution in [0.15, 0.2) is 17.1 Å². The molecule has 1 saturated carbocycles. The molecule has 0 saturated heterocycles. The molecule has 5 unspecified atom stereocenters. The van der Waals surface area contributed by atoms with Crippen molar-refractivity contribution in [1.29, 1.82) is 0 Å². The molecule has 2 heterocycles. The number of ether oxygens (including phenoxy) is 1. The number of fused-ring (bicyclic) bond motifs is 3. The second kappa shape index (κ2) is 4.12. The minimum atomic E-state index is 0.0297. The third-order valence-corrected chi connectivity index (χ3v) is 5.34. The maximum absolute atomic E-state index is 12.3. The summed E-state index contributed by atoms with van der Waals surface area (Å²) in [6.07, 6.45) is 4.18. The molecule has 3 heteroatoms. The van der Waals surface area contributed by atoms with Gasteiger partial charge in [0.15, 0.2) is 0 Å². The Morgan fingerprint density at radius 1 is 1.37 bits per heavy atom. The normalized spacial score (nSPS) is 41.1. The van der Waals surface area contributed by atoms with Gasteiger partial charge in [-0.1, -0.05) is 20.8 Å². The number of nitrogens with one attached hydrogen (secondary N) is 1. The molecular weight excluding hydrogens is 238 g/mol. The molecule has 1 aromatic heterocycles. The van der Waals surface area contributed by atoms with E-state index >= 15 is 0 Å². The average Bonchev–Trinajstić information content (AvgIpc) is 2.30. The van der Waals surface area contributed by atoms with Crippen molar-refractivity contribution in [3.05, 3.63) is 28.2 Å². The highest BCUT2D eigenvalue weighted by Crippen LogP contribution is 2.57. The van der Waals surface area contributed by atoms with Crippen LogP contribution in [0.2, 0.25) is 0 Å². The van der Waals surface area contributed by atoms with Gasteiger partial charge >= 0.3 is 0 Å². The van der Waals surface area contributed by atoms with Crippen molar-refractivity contribution in [2.75, 3.05) is 0 Å². The molecule has 2 aliphatic rings. The van der Waals surface area contributed by atoms with Gasteiger partial charge in [-0.3, -0.25) is 4.79 Å². The van der Waals surface area contributed by atoms with Crippen LogP contribution >= 0.6 is 0 Å². The molecule has 0 amide bonds. The van der Waals surface area contributed by atoms with Crippen molar-refractivity contribution < 1.29 is 4.74 Å². The summed E-state index contributed by atoms with van der Waals surface area (Å²) in [5.41, 5.74) is 0.975. The second-order valence-electron chi connectivity index (χ2n) is 6.85. The van der Waals surface area contributed by atoms with Gasteiger partial charge in [-0.05, 0) is 37.7 Å². The highest BCUT2D eigenvalue weighted by molar-refractivity contribution is 5.39. The number of aromatic amines is 1. The zero-order chi connectivity index (χ0) is 13.8. The smallest absolute Gasteiger partial charge is 0.255 e. The number of H-pyrrole nitrogens is 1. The highest BCUT2D eigenvalue weighted by Gasteiger charge is 2.52. The van der Waals surface area contributed by atoms with Crippen LogP contribution in [0.5, 0.6) is 5.75 Å². The predicted molar refractivity (Wildman–Crippen MR) is 75.6 cm³/mol. The molecule has 1 N–H and O–H groups in total. The van der Waals surface area contributed by atoms with E-state index < -0.39 is 0 Å². The van der Waals surface area contributed by atoms with E-state index in [-0.39, 0.29) is 17.1 Å². The first-order valence-corrected chi connectivity index (χ1v) is 7.31. The fourth-order valence-corrected chi connectivity index (χ4v) is 4.61. The average molecular weight is 261 g/mol. The van der Waals surface area contributed by atoms with Gasteiger partial charge in [0.1, 0.15) is 11.9 Å². The van der Waals surface area contributed by atoms with Crippen LogP contribution in [0, 0.1) is 17.3 Å². The van der Waals surface area contributed by atoms with Crippen LogP contribution in [0.3, 0.4) is 0 Å². The van der Waals surface area contributed by atoms with Gasteiger partial charge in [0, 0.05) is 17.5 Å². The fraction of sp³-hybridized carbons (Fsp3) is 0.688. The summed E-state index contributed by atoms with van der Waals surface area (Å²) in [6.45, 7) is 9.05. The maximum atomic E-state index is 12.3. The van der Waals surface area contributed by atoms with E-state index in [1.807, 2.05) is 6.07 Å². The second-order valence-corrected chi connectivity index (χ2v) is 6.85. The SMILES string of the molecule is CC1CC(C)C2c3c(cc[nH]c3=O)OC(C)C2(C)C1. The van der Waals surface area contributed by atoms with Gasteiger partial charge < -0.3 is 9.72 Å². The molecule has 1 fully saturated rings. The molecular formula is C16H23NO2. The molecule has 1 aliphatic carbocycles. The molecule has 3 rings (SSSR count). The van der Waals surface area contributed by atoms with Gasteiger partial charge in [0.25, 0.3) is 5.56 Å². The molecule has 1 aromatic rings.